The number of rotatable bonds is 4. The van der Waals surface area contributed by atoms with Crippen LogP contribution in [-0.2, 0) is 12.6 Å². The predicted octanol–water partition coefficient (Wildman–Crippen LogP) is 4.51. The van der Waals surface area contributed by atoms with Crippen molar-refractivity contribution in [3.8, 4) is 0 Å². The van der Waals surface area contributed by atoms with Gasteiger partial charge in [-0.25, -0.2) is 4.39 Å². The molecule has 0 aliphatic rings. The summed E-state index contributed by atoms with van der Waals surface area (Å²) in [5.41, 5.74) is -0.491. The second kappa shape index (κ2) is 6.26. The van der Waals surface area contributed by atoms with Crippen molar-refractivity contribution in [1.29, 1.82) is 0 Å². The van der Waals surface area contributed by atoms with Crippen LogP contribution in [0.2, 0.25) is 0 Å². The van der Waals surface area contributed by atoms with Gasteiger partial charge in [-0.05, 0) is 36.1 Å². The molecular weight excluding hydrogens is 284 g/mol. The van der Waals surface area contributed by atoms with Gasteiger partial charge in [0.25, 0.3) is 0 Å². The summed E-state index contributed by atoms with van der Waals surface area (Å²) in [6.07, 6.45) is -5.40. The maximum Gasteiger partial charge on any atom is 0.416 e. The van der Waals surface area contributed by atoms with E-state index in [1.165, 1.54) is 0 Å². The average molecular weight is 298 g/mol. The Morgan fingerprint density at radius 3 is 2.29 bits per heavy atom. The Morgan fingerprint density at radius 1 is 1.00 bits per heavy atom. The van der Waals surface area contributed by atoms with Crippen LogP contribution in [0.1, 0.15) is 29.2 Å². The minimum Gasteiger partial charge on any atom is -0.388 e. The van der Waals surface area contributed by atoms with Gasteiger partial charge >= 0.3 is 6.18 Å². The molecule has 1 nitrogen and oxygen atoms in total. The van der Waals surface area contributed by atoms with Crippen molar-refractivity contribution in [2.45, 2.75) is 25.1 Å². The SMILES string of the molecule is OC(CCc1ccccc1)c1ccc(F)cc1C(F)(F)F. The minimum atomic E-state index is -4.69. The van der Waals surface area contributed by atoms with Crippen LogP contribution < -0.4 is 0 Å². The van der Waals surface area contributed by atoms with E-state index < -0.39 is 23.7 Å². The lowest BCUT2D eigenvalue weighted by Crippen LogP contribution is -2.13. The summed E-state index contributed by atoms with van der Waals surface area (Å²) in [5, 5.41) is 9.99. The van der Waals surface area contributed by atoms with Crippen LogP contribution in [0.3, 0.4) is 0 Å². The van der Waals surface area contributed by atoms with Crippen LogP contribution in [0.25, 0.3) is 0 Å². The number of aryl methyl sites for hydroxylation is 1. The molecule has 0 aliphatic heterocycles. The molecule has 1 atom stereocenters. The highest BCUT2D eigenvalue weighted by Crippen LogP contribution is 2.36. The van der Waals surface area contributed by atoms with E-state index in [-0.39, 0.29) is 12.0 Å². The summed E-state index contributed by atoms with van der Waals surface area (Å²) >= 11 is 0. The van der Waals surface area contributed by atoms with Gasteiger partial charge in [0.1, 0.15) is 5.82 Å². The summed E-state index contributed by atoms with van der Waals surface area (Å²) < 4.78 is 51.6. The van der Waals surface area contributed by atoms with E-state index >= 15 is 0 Å². The molecule has 1 N–H and O–H groups in total. The third-order valence-corrected chi connectivity index (χ3v) is 3.23. The van der Waals surface area contributed by atoms with E-state index in [0.29, 0.717) is 12.5 Å². The number of benzene rings is 2. The first-order chi connectivity index (χ1) is 9.88. The highest BCUT2D eigenvalue weighted by atomic mass is 19.4. The Bertz CT molecular complexity index is 593. The topological polar surface area (TPSA) is 20.2 Å². The molecule has 0 saturated carbocycles. The van der Waals surface area contributed by atoms with Gasteiger partial charge in [0.15, 0.2) is 0 Å². The quantitative estimate of drug-likeness (QED) is 0.823. The molecule has 0 bridgehead atoms. The lowest BCUT2D eigenvalue weighted by atomic mass is 9.97. The van der Waals surface area contributed by atoms with Crippen molar-refractivity contribution < 1.29 is 22.7 Å². The normalized spacial score (nSPS) is 13.2. The van der Waals surface area contributed by atoms with Gasteiger partial charge in [-0.15, -0.1) is 0 Å². The Kier molecular flexibility index (Phi) is 4.63. The van der Waals surface area contributed by atoms with E-state index in [2.05, 4.69) is 0 Å². The predicted molar refractivity (Wildman–Crippen MR) is 71.1 cm³/mol. The summed E-state index contributed by atoms with van der Waals surface area (Å²) in [6, 6.07) is 11.5. The average Bonchev–Trinajstić information content (AvgIpc) is 2.45. The highest BCUT2D eigenvalue weighted by molar-refractivity contribution is 5.32. The molecule has 1 unspecified atom stereocenters. The van der Waals surface area contributed by atoms with Crippen molar-refractivity contribution in [2.75, 3.05) is 0 Å². The molecular formula is C16H14F4O. The number of aliphatic hydroxyl groups excluding tert-OH is 1. The number of alkyl halides is 3. The molecule has 0 amide bonds. The standard InChI is InChI=1S/C16H14F4O/c17-12-7-8-13(14(10-12)16(18,19)20)15(21)9-6-11-4-2-1-3-5-11/h1-5,7-8,10,15,21H,6,9H2. The van der Waals surface area contributed by atoms with Crippen molar-refractivity contribution in [1.82, 2.24) is 0 Å². The number of halogens is 4. The van der Waals surface area contributed by atoms with Crippen molar-refractivity contribution in [2.24, 2.45) is 0 Å². The molecule has 112 valence electrons. The number of aliphatic hydroxyl groups is 1. The number of hydrogen-bond acceptors (Lipinski definition) is 1. The van der Waals surface area contributed by atoms with Gasteiger partial charge in [0, 0.05) is 0 Å². The lowest BCUT2D eigenvalue weighted by Gasteiger charge is -2.17. The van der Waals surface area contributed by atoms with Gasteiger partial charge in [0.2, 0.25) is 0 Å². The maximum absolute atomic E-state index is 13.0. The Labute approximate surface area is 119 Å². The van der Waals surface area contributed by atoms with Crippen LogP contribution in [0.4, 0.5) is 17.6 Å². The van der Waals surface area contributed by atoms with Crippen LogP contribution >= 0.6 is 0 Å². The fourth-order valence-electron chi connectivity index (χ4n) is 2.17. The molecule has 0 radical (unpaired) electrons. The summed E-state index contributed by atoms with van der Waals surface area (Å²) in [7, 11) is 0. The minimum absolute atomic E-state index is 0.138. The van der Waals surface area contributed by atoms with E-state index in [9.17, 15) is 22.7 Å². The smallest absolute Gasteiger partial charge is 0.388 e. The first-order valence-electron chi connectivity index (χ1n) is 6.46. The van der Waals surface area contributed by atoms with Gasteiger partial charge in [-0.3, -0.25) is 0 Å². The van der Waals surface area contributed by atoms with Crippen molar-refractivity contribution in [3.63, 3.8) is 0 Å². The first kappa shape index (κ1) is 15.5. The molecule has 5 heteroatoms. The van der Waals surface area contributed by atoms with Crippen molar-refractivity contribution >= 4 is 0 Å². The number of hydrogen-bond donors (Lipinski definition) is 1. The molecule has 2 rings (SSSR count). The first-order valence-corrected chi connectivity index (χ1v) is 6.46. The Morgan fingerprint density at radius 2 is 1.67 bits per heavy atom. The fourth-order valence-corrected chi connectivity index (χ4v) is 2.17. The van der Waals surface area contributed by atoms with Gasteiger partial charge in [-0.1, -0.05) is 36.4 Å². The zero-order valence-corrected chi connectivity index (χ0v) is 11.1. The monoisotopic (exact) mass is 298 g/mol. The molecule has 0 heterocycles. The molecule has 0 spiro atoms. The second-order valence-electron chi connectivity index (χ2n) is 4.77. The molecule has 0 fully saturated rings. The molecule has 21 heavy (non-hydrogen) atoms. The van der Waals surface area contributed by atoms with Crippen molar-refractivity contribution in [3.05, 3.63) is 71.0 Å². The van der Waals surface area contributed by atoms with Gasteiger partial charge in [-0.2, -0.15) is 13.2 Å². The Hall–Kier alpha value is -1.88. The zero-order valence-electron chi connectivity index (χ0n) is 11.1. The van der Waals surface area contributed by atoms with Gasteiger partial charge < -0.3 is 5.11 Å². The Balaban J connectivity index is 2.17. The zero-order chi connectivity index (χ0) is 15.5. The molecule has 2 aromatic carbocycles. The lowest BCUT2D eigenvalue weighted by molar-refractivity contribution is -0.139. The van der Waals surface area contributed by atoms with E-state index in [4.69, 9.17) is 0 Å². The molecule has 0 saturated heterocycles. The van der Waals surface area contributed by atoms with Crippen LogP contribution in [0.5, 0.6) is 0 Å². The highest BCUT2D eigenvalue weighted by Gasteiger charge is 2.35. The van der Waals surface area contributed by atoms with Crippen LogP contribution in [0.15, 0.2) is 48.5 Å². The maximum atomic E-state index is 13.0. The van der Waals surface area contributed by atoms with Gasteiger partial charge in [0.05, 0.1) is 11.7 Å². The largest absolute Gasteiger partial charge is 0.416 e. The third kappa shape index (κ3) is 4.04. The molecule has 0 aliphatic carbocycles. The summed E-state index contributed by atoms with van der Waals surface area (Å²) in [4.78, 5) is 0. The van der Waals surface area contributed by atoms with E-state index in [0.717, 1.165) is 17.7 Å². The van der Waals surface area contributed by atoms with Crippen LogP contribution in [0, 0.1) is 5.82 Å². The summed E-state index contributed by atoms with van der Waals surface area (Å²) in [6.45, 7) is 0. The van der Waals surface area contributed by atoms with E-state index in [1.54, 1.807) is 0 Å². The fraction of sp³-hybridized carbons (Fsp3) is 0.250. The summed E-state index contributed by atoms with van der Waals surface area (Å²) in [5.74, 6) is -0.971. The molecule has 0 aromatic heterocycles. The van der Waals surface area contributed by atoms with Crippen LogP contribution in [-0.4, -0.2) is 5.11 Å². The van der Waals surface area contributed by atoms with E-state index in [1.807, 2.05) is 30.3 Å². The third-order valence-electron chi connectivity index (χ3n) is 3.23. The molecule has 2 aromatic rings. The second-order valence-corrected chi connectivity index (χ2v) is 4.77.